The molecule has 0 radical (unpaired) electrons. The van der Waals surface area contributed by atoms with Crippen LogP contribution in [0.1, 0.15) is 19.7 Å². The zero-order valence-electron chi connectivity index (χ0n) is 12.9. The largest absolute Gasteiger partial charge is 0.419 e. The molecule has 1 aliphatic heterocycles. The Kier molecular flexibility index (Phi) is 4.18. The van der Waals surface area contributed by atoms with Crippen LogP contribution >= 0.6 is 15.9 Å². The molecular formula is C15H13BrN4O4. The fourth-order valence-corrected chi connectivity index (χ4v) is 2.54. The average molecular weight is 393 g/mol. The topological polar surface area (TPSA) is 96.6 Å². The Bertz CT molecular complexity index is 815. The standard InChI is InChI=1S/C15H13BrN4O4/c1-8(2)20-14(22)13(21)19(15(20)23)7-11-17-18-12(24-11)9-3-5-10(16)6-4-9/h3-6,8H,7H2,1-2H3. The predicted molar refractivity (Wildman–Crippen MR) is 85.4 cm³/mol. The van der Waals surface area contributed by atoms with Crippen LogP contribution in [0.3, 0.4) is 0 Å². The van der Waals surface area contributed by atoms with Gasteiger partial charge in [0.25, 0.3) is 0 Å². The van der Waals surface area contributed by atoms with E-state index in [2.05, 4.69) is 26.1 Å². The molecule has 1 aromatic carbocycles. The Morgan fingerprint density at radius 2 is 1.75 bits per heavy atom. The van der Waals surface area contributed by atoms with Gasteiger partial charge in [0.1, 0.15) is 6.54 Å². The number of carbonyl (C=O) groups is 3. The van der Waals surface area contributed by atoms with E-state index in [0.29, 0.717) is 5.56 Å². The van der Waals surface area contributed by atoms with Crippen molar-refractivity contribution in [2.24, 2.45) is 0 Å². The molecule has 0 N–H and O–H groups in total. The van der Waals surface area contributed by atoms with E-state index in [9.17, 15) is 14.4 Å². The van der Waals surface area contributed by atoms with Crippen LogP contribution in [0.15, 0.2) is 33.2 Å². The van der Waals surface area contributed by atoms with Gasteiger partial charge in [0.15, 0.2) is 0 Å². The highest BCUT2D eigenvalue weighted by Crippen LogP contribution is 2.22. The number of halogens is 1. The van der Waals surface area contributed by atoms with Gasteiger partial charge in [-0.1, -0.05) is 15.9 Å². The maximum Gasteiger partial charge on any atom is 0.334 e. The fraction of sp³-hybridized carbons (Fsp3) is 0.267. The van der Waals surface area contributed by atoms with E-state index in [1.165, 1.54) is 0 Å². The Morgan fingerprint density at radius 1 is 1.08 bits per heavy atom. The minimum absolute atomic E-state index is 0.0769. The molecule has 4 amide bonds. The van der Waals surface area contributed by atoms with Gasteiger partial charge in [-0.2, -0.15) is 0 Å². The first kappa shape index (κ1) is 16.3. The molecular weight excluding hydrogens is 380 g/mol. The third-order valence-corrected chi connectivity index (χ3v) is 3.98. The highest BCUT2D eigenvalue weighted by molar-refractivity contribution is 9.10. The predicted octanol–water partition coefficient (Wildman–Crippen LogP) is 2.20. The Balaban J connectivity index is 1.80. The van der Waals surface area contributed by atoms with Gasteiger partial charge in [-0.3, -0.25) is 14.5 Å². The number of hydrogen-bond donors (Lipinski definition) is 0. The Labute approximate surface area is 145 Å². The lowest BCUT2D eigenvalue weighted by Crippen LogP contribution is -2.37. The maximum absolute atomic E-state index is 12.2. The van der Waals surface area contributed by atoms with E-state index >= 15 is 0 Å². The second-order valence-corrected chi connectivity index (χ2v) is 6.37. The van der Waals surface area contributed by atoms with Crippen LogP contribution in [0.4, 0.5) is 4.79 Å². The summed E-state index contributed by atoms with van der Waals surface area (Å²) in [5, 5.41) is 7.74. The normalized spacial score (nSPS) is 15.1. The average Bonchev–Trinajstić information content (AvgIpc) is 3.08. The SMILES string of the molecule is CC(C)N1C(=O)C(=O)N(Cc2nnc(-c3ccc(Br)cc3)o2)C1=O. The summed E-state index contributed by atoms with van der Waals surface area (Å²) in [6.07, 6.45) is 0. The van der Waals surface area contributed by atoms with Crippen LogP contribution in [0.2, 0.25) is 0 Å². The summed E-state index contributed by atoms with van der Waals surface area (Å²) < 4.78 is 6.39. The van der Waals surface area contributed by atoms with Crippen molar-refractivity contribution >= 4 is 33.8 Å². The van der Waals surface area contributed by atoms with Crippen LogP contribution in [-0.2, 0) is 16.1 Å². The van der Waals surface area contributed by atoms with Crippen molar-refractivity contribution in [2.75, 3.05) is 0 Å². The summed E-state index contributed by atoms with van der Waals surface area (Å²) in [6, 6.07) is 6.15. The van der Waals surface area contributed by atoms with E-state index in [0.717, 1.165) is 14.3 Å². The van der Waals surface area contributed by atoms with Crippen LogP contribution in [0, 0.1) is 0 Å². The smallest absolute Gasteiger partial charge is 0.334 e. The van der Waals surface area contributed by atoms with Crippen LogP contribution in [0.5, 0.6) is 0 Å². The Hall–Kier alpha value is -2.55. The number of amides is 4. The van der Waals surface area contributed by atoms with Crippen molar-refractivity contribution in [2.45, 2.75) is 26.4 Å². The molecule has 2 aromatic rings. The molecule has 1 aliphatic rings. The van der Waals surface area contributed by atoms with Crippen molar-refractivity contribution in [1.82, 2.24) is 20.0 Å². The van der Waals surface area contributed by atoms with E-state index < -0.39 is 23.9 Å². The van der Waals surface area contributed by atoms with Crippen molar-refractivity contribution in [3.05, 3.63) is 34.6 Å². The number of imide groups is 2. The molecule has 9 heteroatoms. The minimum Gasteiger partial charge on any atom is -0.419 e. The zero-order valence-corrected chi connectivity index (χ0v) is 14.5. The van der Waals surface area contributed by atoms with Gasteiger partial charge in [0.05, 0.1) is 0 Å². The maximum atomic E-state index is 12.2. The minimum atomic E-state index is -0.892. The molecule has 0 saturated carbocycles. The molecule has 0 atom stereocenters. The van der Waals surface area contributed by atoms with E-state index in [1.54, 1.807) is 26.0 Å². The number of benzene rings is 1. The van der Waals surface area contributed by atoms with E-state index in [1.807, 2.05) is 12.1 Å². The molecule has 8 nitrogen and oxygen atoms in total. The summed E-state index contributed by atoms with van der Waals surface area (Å²) in [7, 11) is 0. The Morgan fingerprint density at radius 3 is 2.33 bits per heavy atom. The molecule has 124 valence electrons. The molecule has 3 rings (SSSR count). The highest BCUT2D eigenvalue weighted by Gasteiger charge is 2.46. The third-order valence-electron chi connectivity index (χ3n) is 3.45. The van der Waals surface area contributed by atoms with Gasteiger partial charge in [-0.25, -0.2) is 9.69 Å². The second-order valence-electron chi connectivity index (χ2n) is 5.45. The molecule has 1 saturated heterocycles. The van der Waals surface area contributed by atoms with Gasteiger partial charge in [-0.05, 0) is 38.1 Å². The monoisotopic (exact) mass is 392 g/mol. The molecule has 0 bridgehead atoms. The van der Waals surface area contributed by atoms with Crippen molar-refractivity contribution in [1.29, 1.82) is 0 Å². The zero-order chi connectivity index (χ0) is 17.4. The molecule has 0 unspecified atom stereocenters. The molecule has 1 aromatic heterocycles. The number of aromatic nitrogens is 2. The number of rotatable bonds is 4. The quantitative estimate of drug-likeness (QED) is 0.584. The summed E-state index contributed by atoms with van der Waals surface area (Å²) in [5.74, 6) is -1.39. The number of nitrogens with zero attached hydrogens (tertiary/aromatic N) is 4. The highest BCUT2D eigenvalue weighted by atomic mass is 79.9. The third kappa shape index (κ3) is 2.82. The molecule has 2 heterocycles. The lowest BCUT2D eigenvalue weighted by atomic mass is 10.2. The van der Waals surface area contributed by atoms with Crippen molar-refractivity contribution in [3.63, 3.8) is 0 Å². The van der Waals surface area contributed by atoms with Gasteiger partial charge in [0.2, 0.25) is 11.8 Å². The van der Waals surface area contributed by atoms with Crippen molar-refractivity contribution < 1.29 is 18.8 Å². The lowest BCUT2D eigenvalue weighted by molar-refractivity contribution is -0.144. The van der Waals surface area contributed by atoms with Gasteiger partial charge in [0, 0.05) is 16.1 Å². The summed E-state index contributed by atoms with van der Waals surface area (Å²) in [5.41, 5.74) is 0.705. The summed E-state index contributed by atoms with van der Waals surface area (Å²) in [6.45, 7) is 3.08. The number of urea groups is 1. The first-order valence-electron chi connectivity index (χ1n) is 7.16. The molecule has 0 aliphatic carbocycles. The second kappa shape index (κ2) is 6.16. The van der Waals surface area contributed by atoms with Gasteiger partial charge >= 0.3 is 17.8 Å². The number of hydrogen-bond acceptors (Lipinski definition) is 6. The molecule has 24 heavy (non-hydrogen) atoms. The first-order valence-corrected chi connectivity index (χ1v) is 7.95. The van der Waals surface area contributed by atoms with E-state index in [-0.39, 0.29) is 18.3 Å². The first-order chi connectivity index (χ1) is 11.4. The van der Waals surface area contributed by atoms with Gasteiger partial charge in [-0.15, -0.1) is 10.2 Å². The van der Waals surface area contributed by atoms with Gasteiger partial charge < -0.3 is 4.42 Å². The van der Waals surface area contributed by atoms with Crippen LogP contribution < -0.4 is 0 Å². The van der Waals surface area contributed by atoms with E-state index in [4.69, 9.17) is 4.42 Å². The molecule has 0 spiro atoms. The molecule has 1 fully saturated rings. The fourth-order valence-electron chi connectivity index (χ4n) is 2.28. The van der Waals surface area contributed by atoms with Crippen molar-refractivity contribution in [3.8, 4) is 11.5 Å². The number of carbonyl (C=O) groups excluding carboxylic acids is 3. The van der Waals surface area contributed by atoms with Crippen LogP contribution in [-0.4, -0.2) is 43.9 Å². The lowest BCUT2D eigenvalue weighted by Gasteiger charge is -2.17. The van der Waals surface area contributed by atoms with Crippen LogP contribution in [0.25, 0.3) is 11.5 Å². The summed E-state index contributed by atoms with van der Waals surface area (Å²) in [4.78, 5) is 37.7. The summed E-state index contributed by atoms with van der Waals surface area (Å²) >= 11 is 3.33.